The van der Waals surface area contributed by atoms with Crippen LogP contribution in [-0.2, 0) is 11.2 Å². The first-order valence-corrected chi connectivity index (χ1v) is 8.91. The van der Waals surface area contributed by atoms with Crippen molar-refractivity contribution < 1.29 is 14.3 Å². The molecule has 1 aliphatic heterocycles. The predicted molar refractivity (Wildman–Crippen MR) is 102 cm³/mol. The summed E-state index contributed by atoms with van der Waals surface area (Å²) in [7, 11) is 1.61. The fourth-order valence-electron chi connectivity index (χ4n) is 3.38. The molecule has 138 valence electrons. The molecule has 1 aromatic heterocycles. The van der Waals surface area contributed by atoms with E-state index in [2.05, 4.69) is 27.6 Å². The van der Waals surface area contributed by atoms with Crippen LogP contribution in [0.2, 0.25) is 0 Å². The van der Waals surface area contributed by atoms with Crippen LogP contribution in [-0.4, -0.2) is 36.4 Å². The second-order valence-corrected chi connectivity index (χ2v) is 6.41. The molecule has 6 nitrogen and oxygen atoms in total. The van der Waals surface area contributed by atoms with Crippen LogP contribution in [0.25, 0.3) is 11.3 Å². The lowest BCUT2D eigenvalue weighted by Gasteiger charge is -2.26. The van der Waals surface area contributed by atoms with Gasteiger partial charge in [0.15, 0.2) is 0 Å². The maximum absolute atomic E-state index is 12.8. The first-order valence-electron chi connectivity index (χ1n) is 8.91. The number of aromatic nitrogens is 2. The second kappa shape index (κ2) is 7.63. The van der Waals surface area contributed by atoms with E-state index < -0.39 is 0 Å². The molecule has 4 rings (SSSR count). The van der Waals surface area contributed by atoms with Gasteiger partial charge in [0, 0.05) is 12.1 Å². The number of nitrogens with one attached hydrogen (secondary N) is 2. The molecule has 0 saturated heterocycles. The fraction of sp³-hybridized carbons (Fsp3) is 0.238. The number of rotatable bonds is 5. The van der Waals surface area contributed by atoms with E-state index in [9.17, 15) is 4.79 Å². The molecule has 27 heavy (non-hydrogen) atoms. The van der Waals surface area contributed by atoms with E-state index in [0.29, 0.717) is 24.4 Å². The number of methoxy groups -OCH3 is 1. The molecule has 0 radical (unpaired) electrons. The number of hydrogen-bond acceptors (Lipinski definition) is 4. The SMILES string of the molecule is COc1cccc(-c2[nH]ncc2C(=O)NC[C@@H]2OCCc3ccccc32)c1. The number of aromatic amines is 1. The number of H-pyrrole nitrogens is 1. The third-order valence-electron chi connectivity index (χ3n) is 4.78. The third-order valence-corrected chi connectivity index (χ3v) is 4.78. The minimum Gasteiger partial charge on any atom is -0.497 e. The van der Waals surface area contributed by atoms with Crippen LogP contribution >= 0.6 is 0 Å². The van der Waals surface area contributed by atoms with Gasteiger partial charge in [-0.25, -0.2) is 0 Å². The zero-order chi connectivity index (χ0) is 18.6. The van der Waals surface area contributed by atoms with E-state index >= 15 is 0 Å². The van der Waals surface area contributed by atoms with Crippen molar-refractivity contribution in [3.05, 3.63) is 71.4 Å². The lowest BCUT2D eigenvalue weighted by atomic mass is 9.97. The number of carbonyl (C=O) groups excluding carboxylic acids is 1. The molecule has 0 aliphatic carbocycles. The summed E-state index contributed by atoms with van der Waals surface area (Å²) in [5.74, 6) is 0.536. The molecule has 2 aromatic carbocycles. The maximum atomic E-state index is 12.8. The van der Waals surface area contributed by atoms with Gasteiger partial charge in [0.1, 0.15) is 11.9 Å². The van der Waals surface area contributed by atoms with E-state index in [1.54, 1.807) is 13.3 Å². The first kappa shape index (κ1) is 17.3. The molecular formula is C21H21N3O3. The molecule has 1 atom stereocenters. The van der Waals surface area contributed by atoms with Crippen LogP contribution in [0.5, 0.6) is 5.75 Å². The standard InChI is InChI=1S/C21H21N3O3/c1-26-16-7-4-6-15(11-16)20-18(12-23-24-20)21(25)22-13-19-17-8-3-2-5-14(17)9-10-27-19/h2-8,11-12,19H,9-10,13H2,1H3,(H,22,25)(H,23,24)/t19-/m0/s1. The molecule has 2 N–H and O–H groups in total. The summed E-state index contributed by atoms with van der Waals surface area (Å²) in [6, 6.07) is 15.7. The molecule has 3 aromatic rings. The number of nitrogens with zero attached hydrogens (tertiary/aromatic N) is 1. The van der Waals surface area contributed by atoms with Gasteiger partial charge < -0.3 is 14.8 Å². The fourth-order valence-corrected chi connectivity index (χ4v) is 3.38. The molecule has 0 spiro atoms. The number of benzene rings is 2. The summed E-state index contributed by atoms with van der Waals surface area (Å²) in [5.41, 5.74) is 4.42. The summed E-state index contributed by atoms with van der Waals surface area (Å²) < 4.78 is 11.1. The van der Waals surface area contributed by atoms with Crippen molar-refractivity contribution >= 4 is 5.91 Å². The summed E-state index contributed by atoms with van der Waals surface area (Å²) in [6.07, 6.45) is 2.31. The van der Waals surface area contributed by atoms with E-state index in [1.165, 1.54) is 5.56 Å². The second-order valence-electron chi connectivity index (χ2n) is 6.41. The van der Waals surface area contributed by atoms with Crippen LogP contribution in [0.15, 0.2) is 54.7 Å². The van der Waals surface area contributed by atoms with E-state index in [1.807, 2.05) is 36.4 Å². The lowest BCUT2D eigenvalue weighted by Crippen LogP contribution is -2.31. The molecule has 6 heteroatoms. The maximum Gasteiger partial charge on any atom is 0.255 e. The molecule has 2 heterocycles. The minimum atomic E-state index is -0.187. The molecular weight excluding hydrogens is 342 g/mol. The molecule has 0 fully saturated rings. The first-order chi connectivity index (χ1) is 13.3. The van der Waals surface area contributed by atoms with Crippen LogP contribution in [0.1, 0.15) is 27.6 Å². The van der Waals surface area contributed by atoms with Crippen LogP contribution in [0.4, 0.5) is 0 Å². The summed E-state index contributed by atoms with van der Waals surface area (Å²) >= 11 is 0. The molecule has 0 bridgehead atoms. The van der Waals surface area contributed by atoms with Crippen LogP contribution < -0.4 is 10.1 Å². The Bertz CT molecular complexity index is 951. The van der Waals surface area contributed by atoms with Gasteiger partial charge in [-0.05, 0) is 29.7 Å². The molecule has 1 amide bonds. The highest BCUT2D eigenvalue weighted by molar-refractivity contribution is 5.99. The Morgan fingerprint density at radius 2 is 2.19 bits per heavy atom. The summed E-state index contributed by atoms with van der Waals surface area (Å²) in [6.45, 7) is 1.08. The Labute approximate surface area is 157 Å². The normalized spacial score (nSPS) is 15.8. The van der Waals surface area contributed by atoms with Crippen molar-refractivity contribution in [2.45, 2.75) is 12.5 Å². The Morgan fingerprint density at radius 3 is 3.07 bits per heavy atom. The van der Waals surface area contributed by atoms with Gasteiger partial charge in [0.25, 0.3) is 5.91 Å². The van der Waals surface area contributed by atoms with E-state index in [4.69, 9.17) is 9.47 Å². The van der Waals surface area contributed by atoms with Gasteiger partial charge in [-0.1, -0.05) is 36.4 Å². The quantitative estimate of drug-likeness (QED) is 0.730. The minimum absolute atomic E-state index is 0.133. The largest absolute Gasteiger partial charge is 0.497 e. The van der Waals surface area contributed by atoms with Crippen LogP contribution in [0.3, 0.4) is 0 Å². The number of hydrogen-bond donors (Lipinski definition) is 2. The highest BCUT2D eigenvalue weighted by atomic mass is 16.5. The Balaban J connectivity index is 1.50. The average Bonchev–Trinajstić information content (AvgIpc) is 3.22. The number of fused-ring (bicyclic) bond motifs is 1. The lowest BCUT2D eigenvalue weighted by molar-refractivity contribution is 0.0411. The van der Waals surface area contributed by atoms with Crippen molar-refractivity contribution in [2.75, 3.05) is 20.3 Å². The van der Waals surface area contributed by atoms with Crippen molar-refractivity contribution in [2.24, 2.45) is 0 Å². The Morgan fingerprint density at radius 1 is 1.30 bits per heavy atom. The Kier molecular flexibility index (Phi) is 4.89. The van der Waals surface area contributed by atoms with Gasteiger partial charge in [-0.15, -0.1) is 0 Å². The van der Waals surface area contributed by atoms with Gasteiger partial charge in [-0.3, -0.25) is 9.89 Å². The summed E-state index contributed by atoms with van der Waals surface area (Å²) in [4.78, 5) is 12.8. The zero-order valence-electron chi connectivity index (χ0n) is 15.1. The van der Waals surface area contributed by atoms with Gasteiger partial charge in [0.05, 0.1) is 31.2 Å². The van der Waals surface area contributed by atoms with Crippen LogP contribution in [0, 0.1) is 0 Å². The molecule has 0 unspecified atom stereocenters. The summed E-state index contributed by atoms with van der Waals surface area (Å²) in [5, 5.41) is 9.94. The van der Waals surface area contributed by atoms with Crippen molar-refractivity contribution in [3.8, 4) is 17.0 Å². The topological polar surface area (TPSA) is 76.2 Å². The third kappa shape index (κ3) is 3.57. The van der Waals surface area contributed by atoms with Crippen molar-refractivity contribution in [1.82, 2.24) is 15.5 Å². The number of carbonyl (C=O) groups is 1. The van der Waals surface area contributed by atoms with Crippen molar-refractivity contribution in [1.29, 1.82) is 0 Å². The zero-order valence-corrected chi connectivity index (χ0v) is 15.1. The van der Waals surface area contributed by atoms with E-state index in [0.717, 1.165) is 23.3 Å². The predicted octanol–water partition coefficient (Wildman–Crippen LogP) is 3.13. The van der Waals surface area contributed by atoms with Gasteiger partial charge in [-0.2, -0.15) is 5.10 Å². The number of ether oxygens (including phenoxy) is 2. The van der Waals surface area contributed by atoms with Gasteiger partial charge in [0.2, 0.25) is 0 Å². The smallest absolute Gasteiger partial charge is 0.255 e. The monoisotopic (exact) mass is 363 g/mol. The Hall–Kier alpha value is -3.12. The van der Waals surface area contributed by atoms with Gasteiger partial charge >= 0.3 is 0 Å². The highest BCUT2D eigenvalue weighted by Gasteiger charge is 2.22. The highest BCUT2D eigenvalue weighted by Crippen LogP contribution is 2.27. The molecule has 0 saturated carbocycles. The van der Waals surface area contributed by atoms with E-state index in [-0.39, 0.29) is 12.0 Å². The molecule has 1 aliphatic rings. The van der Waals surface area contributed by atoms with Crippen molar-refractivity contribution in [3.63, 3.8) is 0 Å². The number of amides is 1. The average molecular weight is 363 g/mol.